The SMILES string of the molecule is Cc1cccnc1NC(=O)C1CCn2ccnc2C1. The lowest BCUT2D eigenvalue weighted by Gasteiger charge is -2.22. The zero-order valence-electron chi connectivity index (χ0n) is 10.8. The molecule has 0 aliphatic carbocycles. The van der Waals surface area contributed by atoms with Gasteiger partial charge in [-0.05, 0) is 25.0 Å². The summed E-state index contributed by atoms with van der Waals surface area (Å²) in [6.45, 7) is 2.80. The second-order valence-electron chi connectivity index (χ2n) is 4.88. The largest absolute Gasteiger partial charge is 0.335 e. The number of aromatic nitrogens is 3. The van der Waals surface area contributed by atoms with Gasteiger partial charge in [0.1, 0.15) is 11.6 Å². The van der Waals surface area contributed by atoms with Crippen molar-refractivity contribution in [1.29, 1.82) is 0 Å². The van der Waals surface area contributed by atoms with E-state index >= 15 is 0 Å². The number of nitrogens with one attached hydrogen (secondary N) is 1. The third-order valence-electron chi connectivity index (χ3n) is 3.57. The molecule has 2 aromatic heterocycles. The van der Waals surface area contributed by atoms with Crippen LogP contribution in [0.15, 0.2) is 30.7 Å². The molecule has 0 fully saturated rings. The van der Waals surface area contributed by atoms with E-state index in [2.05, 4.69) is 19.9 Å². The van der Waals surface area contributed by atoms with Crippen molar-refractivity contribution >= 4 is 11.7 Å². The summed E-state index contributed by atoms with van der Waals surface area (Å²) in [7, 11) is 0. The van der Waals surface area contributed by atoms with Crippen LogP contribution in [-0.2, 0) is 17.8 Å². The fourth-order valence-electron chi connectivity index (χ4n) is 2.41. The molecule has 0 bridgehead atoms. The topological polar surface area (TPSA) is 59.8 Å². The van der Waals surface area contributed by atoms with E-state index in [9.17, 15) is 4.79 Å². The van der Waals surface area contributed by atoms with Crippen LogP contribution in [0, 0.1) is 12.8 Å². The third-order valence-corrected chi connectivity index (χ3v) is 3.57. The highest BCUT2D eigenvalue weighted by atomic mass is 16.1. The van der Waals surface area contributed by atoms with Crippen molar-refractivity contribution in [1.82, 2.24) is 14.5 Å². The van der Waals surface area contributed by atoms with E-state index in [0.29, 0.717) is 12.2 Å². The van der Waals surface area contributed by atoms with Crippen LogP contribution in [0.2, 0.25) is 0 Å². The number of aryl methyl sites for hydroxylation is 2. The molecule has 3 rings (SSSR count). The first-order chi connectivity index (χ1) is 9.24. The van der Waals surface area contributed by atoms with Gasteiger partial charge in [-0.2, -0.15) is 0 Å². The number of carbonyl (C=O) groups excluding carboxylic acids is 1. The third kappa shape index (κ3) is 2.36. The maximum Gasteiger partial charge on any atom is 0.229 e. The van der Waals surface area contributed by atoms with E-state index in [1.54, 1.807) is 12.4 Å². The summed E-state index contributed by atoms with van der Waals surface area (Å²) in [5.74, 6) is 1.66. The van der Waals surface area contributed by atoms with Gasteiger partial charge < -0.3 is 9.88 Å². The van der Waals surface area contributed by atoms with Crippen LogP contribution in [-0.4, -0.2) is 20.4 Å². The number of anilines is 1. The van der Waals surface area contributed by atoms with Gasteiger partial charge in [0, 0.05) is 37.5 Å². The number of nitrogens with zero attached hydrogens (tertiary/aromatic N) is 3. The summed E-state index contributed by atoms with van der Waals surface area (Å²) in [6, 6.07) is 3.80. The minimum absolute atomic E-state index is 0.0173. The lowest BCUT2D eigenvalue weighted by Crippen LogP contribution is -2.30. The zero-order chi connectivity index (χ0) is 13.2. The van der Waals surface area contributed by atoms with Crippen LogP contribution in [0.25, 0.3) is 0 Å². The maximum absolute atomic E-state index is 12.3. The van der Waals surface area contributed by atoms with Crippen LogP contribution in [0.4, 0.5) is 5.82 Å². The fourth-order valence-corrected chi connectivity index (χ4v) is 2.41. The van der Waals surface area contributed by atoms with E-state index in [1.165, 1.54) is 0 Å². The minimum atomic E-state index is -0.0173. The monoisotopic (exact) mass is 256 g/mol. The van der Waals surface area contributed by atoms with Gasteiger partial charge in [-0.25, -0.2) is 9.97 Å². The minimum Gasteiger partial charge on any atom is -0.335 e. The van der Waals surface area contributed by atoms with E-state index in [4.69, 9.17) is 0 Å². The molecule has 0 radical (unpaired) electrons. The number of fused-ring (bicyclic) bond motifs is 1. The van der Waals surface area contributed by atoms with Gasteiger partial charge in [0.05, 0.1) is 0 Å². The van der Waals surface area contributed by atoms with Crippen molar-refractivity contribution in [3.8, 4) is 0 Å². The molecule has 0 saturated carbocycles. The summed E-state index contributed by atoms with van der Waals surface area (Å²) < 4.78 is 2.11. The lowest BCUT2D eigenvalue weighted by atomic mass is 9.97. The van der Waals surface area contributed by atoms with E-state index in [0.717, 1.165) is 24.4 Å². The molecule has 1 aliphatic heterocycles. The standard InChI is InChI=1S/C14H16N4O/c1-10-3-2-5-16-13(10)17-14(19)11-4-7-18-8-6-15-12(18)9-11/h2-3,5-6,8,11H,4,7,9H2,1H3,(H,16,17,19). The Morgan fingerprint density at radius 3 is 3.16 bits per heavy atom. The van der Waals surface area contributed by atoms with Crippen molar-refractivity contribution < 1.29 is 4.79 Å². The highest BCUT2D eigenvalue weighted by Gasteiger charge is 2.25. The summed E-state index contributed by atoms with van der Waals surface area (Å²) in [5.41, 5.74) is 0.980. The molecule has 1 N–H and O–H groups in total. The normalized spacial score (nSPS) is 17.8. The summed E-state index contributed by atoms with van der Waals surface area (Å²) in [6.07, 6.45) is 6.99. The Bertz CT molecular complexity index is 605. The second-order valence-corrected chi connectivity index (χ2v) is 4.88. The Kier molecular flexibility index (Phi) is 3.03. The zero-order valence-corrected chi connectivity index (χ0v) is 10.8. The highest BCUT2D eigenvalue weighted by molar-refractivity contribution is 5.92. The molecule has 0 aromatic carbocycles. The van der Waals surface area contributed by atoms with E-state index in [-0.39, 0.29) is 11.8 Å². The first kappa shape index (κ1) is 11.9. The predicted molar refractivity (Wildman–Crippen MR) is 71.6 cm³/mol. The van der Waals surface area contributed by atoms with Gasteiger partial charge in [0.15, 0.2) is 0 Å². The molecule has 98 valence electrons. The number of amides is 1. The molecule has 0 saturated heterocycles. The lowest BCUT2D eigenvalue weighted by molar-refractivity contribution is -0.120. The van der Waals surface area contributed by atoms with Gasteiger partial charge in [-0.3, -0.25) is 4.79 Å². The van der Waals surface area contributed by atoms with Gasteiger partial charge in [-0.15, -0.1) is 0 Å². The number of carbonyl (C=O) groups is 1. The van der Waals surface area contributed by atoms with Crippen molar-refractivity contribution in [2.75, 3.05) is 5.32 Å². The van der Waals surface area contributed by atoms with E-state index < -0.39 is 0 Å². The Balaban J connectivity index is 1.71. The summed E-state index contributed by atoms with van der Waals surface area (Å²) in [4.78, 5) is 20.7. The smallest absolute Gasteiger partial charge is 0.229 e. The second kappa shape index (κ2) is 4.84. The average Bonchev–Trinajstić information content (AvgIpc) is 2.88. The number of imidazole rings is 1. The van der Waals surface area contributed by atoms with Crippen molar-refractivity contribution in [2.24, 2.45) is 5.92 Å². The van der Waals surface area contributed by atoms with Crippen molar-refractivity contribution in [3.05, 3.63) is 42.1 Å². The molecule has 0 spiro atoms. The molecule has 5 heteroatoms. The Hall–Kier alpha value is -2.17. The Labute approximate surface area is 111 Å². The fraction of sp³-hybridized carbons (Fsp3) is 0.357. The van der Waals surface area contributed by atoms with Crippen LogP contribution < -0.4 is 5.32 Å². The number of rotatable bonds is 2. The van der Waals surface area contributed by atoms with Crippen LogP contribution >= 0.6 is 0 Å². The molecular formula is C14H16N4O. The number of hydrogen-bond acceptors (Lipinski definition) is 3. The molecular weight excluding hydrogens is 240 g/mol. The van der Waals surface area contributed by atoms with Crippen LogP contribution in [0.3, 0.4) is 0 Å². The predicted octanol–water partition coefficient (Wildman–Crippen LogP) is 1.79. The van der Waals surface area contributed by atoms with Crippen molar-refractivity contribution in [3.63, 3.8) is 0 Å². The van der Waals surface area contributed by atoms with Gasteiger partial charge >= 0.3 is 0 Å². The first-order valence-electron chi connectivity index (χ1n) is 6.46. The quantitative estimate of drug-likeness (QED) is 0.891. The summed E-state index contributed by atoms with van der Waals surface area (Å²) in [5, 5.41) is 2.92. The molecule has 1 aliphatic rings. The van der Waals surface area contributed by atoms with Crippen molar-refractivity contribution in [2.45, 2.75) is 26.3 Å². The Morgan fingerprint density at radius 1 is 1.42 bits per heavy atom. The van der Waals surface area contributed by atoms with Crippen LogP contribution in [0.5, 0.6) is 0 Å². The average molecular weight is 256 g/mol. The molecule has 19 heavy (non-hydrogen) atoms. The molecule has 3 heterocycles. The van der Waals surface area contributed by atoms with Gasteiger partial charge in [0.2, 0.25) is 5.91 Å². The number of pyridine rings is 1. The Morgan fingerprint density at radius 2 is 2.32 bits per heavy atom. The van der Waals surface area contributed by atoms with Gasteiger partial charge in [0.25, 0.3) is 0 Å². The van der Waals surface area contributed by atoms with E-state index in [1.807, 2.05) is 25.3 Å². The molecule has 1 amide bonds. The van der Waals surface area contributed by atoms with Gasteiger partial charge in [-0.1, -0.05) is 6.07 Å². The first-order valence-corrected chi connectivity index (χ1v) is 6.46. The number of hydrogen-bond donors (Lipinski definition) is 1. The highest BCUT2D eigenvalue weighted by Crippen LogP contribution is 2.21. The molecule has 1 unspecified atom stereocenters. The molecule has 5 nitrogen and oxygen atoms in total. The maximum atomic E-state index is 12.3. The molecule has 1 atom stereocenters. The van der Waals surface area contributed by atoms with Crippen LogP contribution in [0.1, 0.15) is 17.8 Å². The molecule has 2 aromatic rings. The summed E-state index contributed by atoms with van der Waals surface area (Å²) >= 11 is 0.